The van der Waals surface area contributed by atoms with E-state index in [4.69, 9.17) is 0 Å². The van der Waals surface area contributed by atoms with E-state index in [9.17, 15) is 14.4 Å². The van der Waals surface area contributed by atoms with E-state index in [0.29, 0.717) is 19.6 Å². The van der Waals surface area contributed by atoms with Gasteiger partial charge in [0, 0.05) is 19.6 Å². The number of unbranched alkanes of at least 4 members (excludes halogenated alkanes) is 3. The Morgan fingerprint density at radius 2 is 0.852 bits per heavy atom. The molecule has 27 heavy (non-hydrogen) atoms. The van der Waals surface area contributed by atoms with E-state index in [0.717, 1.165) is 38.5 Å². The molecule has 0 atom stereocenters. The van der Waals surface area contributed by atoms with E-state index in [2.05, 4.69) is 30.9 Å². The molecule has 1 rings (SSSR count). The van der Waals surface area contributed by atoms with Crippen LogP contribution in [0.3, 0.4) is 0 Å². The van der Waals surface area contributed by atoms with Crippen LogP contribution in [-0.2, 0) is 0 Å². The van der Waals surface area contributed by atoms with E-state index in [1.165, 1.54) is 0 Å². The molecule has 9 nitrogen and oxygen atoms in total. The molecule has 0 aliphatic heterocycles. The van der Waals surface area contributed by atoms with Crippen molar-refractivity contribution in [1.29, 1.82) is 0 Å². The van der Waals surface area contributed by atoms with Crippen molar-refractivity contribution in [3.8, 4) is 0 Å². The summed E-state index contributed by atoms with van der Waals surface area (Å²) in [5, 5.41) is 8.04. The number of carbonyl (C=O) groups is 3. The molecule has 0 unspecified atom stereocenters. The summed E-state index contributed by atoms with van der Waals surface area (Å²) < 4.78 is 0. The van der Waals surface area contributed by atoms with Crippen LogP contribution >= 0.6 is 0 Å². The van der Waals surface area contributed by atoms with E-state index < -0.39 is 17.7 Å². The molecule has 1 heterocycles. The highest BCUT2D eigenvalue weighted by molar-refractivity contribution is 5.97. The summed E-state index contributed by atoms with van der Waals surface area (Å²) in [7, 11) is 0. The van der Waals surface area contributed by atoms with E-state index >= 15 is 0 Å². The number of rotatable bonds is 12. The zero-order valence-electron chi connectivity index (χ0n) is 16.4. The summed E-state index contributed by atoms with van der Waals surface area (Å²) in [4.78, 5) is 48.6. The monoisotopic (exact) mass is 378 g/mol. The minimum Gasteiger partial charge on any atom is -0.349 e. The van der Waals surface area contributed by atoms with E-state index in [1.54, 1.807) is 0 Å². The van der Waals surface area contributed by atoms with Crippen LogP contribution in [0.15, 0.2) is 0 Å². The fourth-order valence-electron chi connectivity index (χ4n) is 2.05. The SMILES string of the molecule is CCCCNC(=O)c1nc(C(=O)NCCCC)nc(C(=O)NCCCC)n1. The third-order valence-electron chi connectivity index (χ3n) is 3.69. The second-order valence-corrected chi connectivity index (χ2v) is 6.13. The van der Waals surface area contributed by atoms with Gasteiger partial charge in [-0.1, -0.05) is 40.0 Å². The van der Waals surface area contributed by atoms with Crippen LogP contribution in [0.2, 0.25) is 0 Å². The molecule has 3 amide bonds. The number of amides is 3. The minimum atomic E-state index is -0.531. The van der Waals surface area contributed by atoms with Gasteiger partial charge in [0.15, 0.2) is 0 Å². The highest BCUT2D eigenvalue weighted by Gasteiger charge is 2.20. The van der Waals surface area contributed by atoms with Gasteiger partial charge in [0.1, 0.15) is 0 Å². The average molecular weight is 378 g/mol. The van der Waals surface area contributed by atoms with Gasteiger partial charge < -0.3 is 16.0 Å². The average Bonchev–Trinajstić information content (AvgIpc) is 2.67. The lowest BCUT2D eigenvalue weighted by Crippen LogP contribution is -2.34. The number of carbonyl (C=O) groups excluding carboxylic acids is 3. The van der Waals surface area contributed by atoms with E-state index in [1.807, 2.05) is 20.8 Å². The number of nitrogens with zero attached hydrogens (tertiary/aromatic N) is 3. The lowest BCUT2D eigenvalue weighted by atomic mass is 10.3. The Kier molecular flexibility index (Phi) is 10.6. The zero-order valence-corrected chi connectivity index (χ0v) is 16.4. The molecule has 0 spiro atoms. The highest BCUT2D eigenvalue weighted by Crippen LogP contribution is 2.00. The van der Waals surface area contributed by atoms with Crippen LogP contribution in [0.4, 0.5) is 0 Å². The predicted octanol–water partition coefficient (Wildman–Crippen LogP) is 1.46. The first-order chi connectivity index (χ1) is 13.0. The van der Waals surface area contributed by atoms with Crippen molar-refractivity contribution in [2.24, 2.45) is 0 Å². The maximum atomic E-state index is 12.3. The zero-order chi connectivity index (χ0) is 20.1. The highest BCUT2D eigenvalue weighted by atomic mass is 16.2. The van der Waals surface area contributed by atoms with Crippen molar-refractivity contribution in [2.75, 3.05) is 19.6 Å². The predicted molar refractivity (Wildman–Crippen MR) is 102 cm³/mol. The molecule has 0 fully saturated rings. The smallest absolute Gasteiger partial charge is 0.289 e. The third kappa shape index (κ3) is 8.10. The van der Waals surface area contributed by atoms with Crippen molar-refractivity contribution in [3.63, 3.8) is 0 Å². The molecule has 0 aliphatic rings. The molecular weight excluding hydrogens is 348 g/mol. The molecule has 150 valence electrons. The molecule has 0 saturated carbocycles. The van der Waals surface area contributed by atoms with Crippen molar-refractivity contribution < 1.29 is 14.4 Å². The standard InChI is InChI=1S/C18H30N6O3/c1-4-7-10-19-16(25)13-22-14(17(26)20-11-8-5-2)24-15(23-13)18(27)21-12-9-6-3/h4-12H2,1-3H3,(H,19,25)(H,20,26)(H,21,27). The Labute approximate surface area is 160 Å². The first-order valence-electron chi connectivity index (χ1n) is 9.64. The summed E-state index contributed by atoms with van der Waals surface area (Å²) in [5.74, 6) is -2.30. The van der Waals surface area contributed by atoms with Crippen molar-refractivity contribution in [1.82, 2.24) is 30.9 Å². The van der Waals surface area contributed by atoms with E-state index in [-0.39, 0.29) is 17.5 Å². The van der Waals surface area contributed by atoms with Crippen LogP contribution in [0, 0.1) is 0 Å². The van der Waals surface area contributed by atoms with Crippen LogP contribution in [0.1, 0.15) is 91.2 Å². The Morgan fingerprint density at radius 3 is 1.07 bits per heavy atom. The summed E-state index contributed by atoms with van der Waals surface area (Å²) in [6.45, 7) is 7.43. The topological polar surface area (TPSA) is 126 Å². The quantitative estimate of drug-likeness (QED) is 0.473. The van der Waals surface area contributed by atoms with Gasteiger partial charge in [0.25, 0.3) is 17.7 Å². The lowest BCUT2D eigenvalue weighted by Gasteiger charge is -2.08. The van der Waals surface area contributed by atoms with Gasteiger partial charge in [0.05, 0.1) is 0 Å². The van der Waals surface area contributed by atoms with Gasteiger partial charge in [-0.05, 0) is 19.3 Å². The van der Waals surface area contributed by atoms with Gasteiger partial charge in [0.2, 0.25) is 17.5 Å². The number of aromatic nitrogens is 3. The molecule has 1 aromatic heterocycles. The third-order valence-corrected chi connectivity index (χ3v) is 3.69. The molecule has 0 bridgehead atoms. The first-order valence-corrected chi connectivity index (χ1v) is 9.64. The molecule has 0 aromatic carbocycles. The van der Waals surface area contributed by atoms with Crippen LogP contribution < -0.4 is 16.0 Å². The Balaban J connectivity index is 3.01. The molecule has 0 saturated heterocycles. The Morgan fingerprint density at radius 1 is 0.593 bits per heavy atom. The molecule has 1 aromatic rings. The summed E-state index contributed by atoms with van der Waals surface area (Å²) in [6, 6.07) is 0. The normalized spacial score (nSPS) is 10.3. The Hall–Kier alpha value is -2.58. The largest absolute Gasteiger partial charge is 0.349 e. The summed E-state index contributed by atoms with van der Waals surface area (Å²) >= 11 is 0. The number of hydrogen-bond acceptors (Lipinski definition) is 6. The van der Waals surface area contributed by atoms with Crippen molar-refractivity contribution in [3.05, 3.63) is 17.5 Å². The molecular formula is C18H30N6O3. The molecule has 0 aliphatic carbocycles. The fourth-order valence-corrected chi connectivity index (χ4v) is 2.05. The van der Waals surface area contributed by atoms with Gasteiger partial charge in [-0.2, -0.15) is 15.0 Å². The number of hydrogen-bond donors (Lipinski definition) is 3. The van der Waals surface area contributed by atoms with Gasteiger partial charge >= 0.3 is 0 Å². The molecule has 9 heteroatoms. The van der Waals surface area contributed by atoms with Crippen LogP contribution in [0.25, 0.3) is 0 Å². The summed E-state index contributed by atoms with van der Waals surface area (Å²) in [5.41, 5.74) is 0. The number of nitrogens with one attached hydrogen (secondary N) is 3. The molecule has 0 radical (unpaired) electrons. The van der Waals surface area contributed by atoms with Gasteiger partial charge in [-0.15, -0.1) is 0 Å². The second kappa shape index (κ2) is 12.7. The second-order valence-electron chi connectivity index (χ2n) is 6.13. The van der Waals surface area contributed by atoms with Crippen LogP contribution in [0.5, 0.6) is 0 Å². The maximum Gasteiger partial charge on any atom is 0.289 e. The van der Waals surface area contributed by atoms with Crippen molar-refractivity contribution in [2.45, 2.75) is 59.3 Å². The minimum absolute atomic E-state index is 0.234. The summed E-state index contributed by atoms with van der Waals surface area (Å²) in [6.07, 6.45) is 5.21. The lowest BCUT2D eigenvalue weighted by molar-refractivity contribution is 0.0928. The van der Waals surface area contributed by atoms with Gasteiger partial charge in [-0.3, -0.25) is 14.4 Å². The van der Waals surface area contributed by atoms with Crippen molar-refractivity contribution >= 4 is 17.7 Å². The first kappa shape index (κ1) is 22.5. The van der Waals surface area contributed by atoms with Crippen LogP contribution in [-0.4, -0.2) is 52.3 Å². The maximum absolute atomic E-state index is 12.3. The Bertz CT molecular complexity index is 537. The molecule has 3 N–H and O–H groups in total. The van der Waals surface area contributed by atoms with Gasteiger partial charge in [-0.25, -0.2) is 0 Å². The fraction of sp³-hybridized carbons (Fsp3) is 0.667.